The van der Waals surface area contributed by atoms with Crippen LogP contribution in [0.4, 0.5) is 13.2 Å². The summed E-state index contributed by atoms with van der Waals surface area (Å²) in [5.74, 6) is 0.434. The molecule has 0 spiro atoms. The lowest BCUT2D eigenvalue weighted by atomic mass is 9.96. The Morgan fingerprint density at radius 3 is 2.41 bits per heavy atom. The lowest BCUT2D eigenvalue weighted by Gasteiger charge is -2.11. The molecule has 2 heterocycles. The third-order valence-electron chi connectivity index (χ3n) is 4.26. The summed E-state index contributed by atoms with van der Waals surface area (Å²) in [5.41, 5.74) is 3.19. The average molecular weight is 309 g/mol. The van der Waals surface area contributed by atoms with Crippen molar-refractivity contribution in [2.75, 3.05) is 13.1 Å². The van der Waals surface area contributed by atoms with E-state index >= 15 is 0 Å². The molecule has 0 radical (unpaired) electrons. The molecule has 0 aliphatic carbocycles. The maximum atomic E-state index is 12.6. The van der Waals surface area contributed by atoms with Gasteiger partial charge in [0.15, 0.2) is 0 Å². The van der Waals surface area contributed by atoms with Gasteiger partial charge in [-0.1, -0.05) is 0 Å². The lowest BCUT2D eigenvalue weighted by Crippen LogP contribution is -2.09. The van der Waals surface area contributed by atoms with Crippen molar-refractivity contribution in [2.45, 2.75) is 32.4 Å². The Bertz CT molecular complexity index is 665. The maximum absolute atomic E-state index is 12.6. The number of aromatic nitrogens is 2. The molecule has 0 saturated carbocycles. The van der Waals surface area contributed by atoms with E-state index in [0.717, 1.165) is 43.0 Å². The zero-order chi connectivity index (χ0) is 15.9. The Labute approximate surface area is 127 Å². The van der Waals surface area contributed by atoms with Gasteiger partial charge in [0.2, 0.25) is 0 Å². The number of alkyl halides is 3. The van der Waals surface area contributed by atoms with Gasteiger partial charge in [0.25, 0.3) is 0 Å². The standard InChI is InChI=1S/C16H18F3N3/c1-10-15(12-7-8-20-9-12)11(2)22(21-10)14-5-3-13(4-6-14)16(17,18)19/h3-6,12,20H,7-9H2,1-2H3. The number of halogens is 3. The van der Waals surface area contributed by atoms with Gasteiger partial charge in [0.1, 0.15) is 0 Å². The summed E-state index contributed by atoms with van der Waals surface area (Å²) in [4.78, 5) is 0. The first-order chi connectivity index (χ1) is 10.4. The highest BCUT2D eigenvalue weighted by Gasteiger charge is 2.30. The molecule has 1 atom stereocenters. The molecule has 1 N–H and O–H groups in total. The number of benzene rings is 1. The molecular formula is C16H18F3N3. The van der Waals surface area contributed by atoms with Crippen LogP contribution in [0.15, 0.2) is 24.3 Å². The molecule has 6 heteroatoms. The van der Waals surface area contributed by atoms with E-state index in [1.807, 2.05) is 13.8 Å². The van der Waals surface area contributed by atoms with E-state index < -0.39 is 11.7 Å². The molecule has 2 aromatic rings. The smallest absolute Gasteiger partial charge is 0.316 e. The normalized spacial score (nSPS) is 18.9. The topological polar surface area (TPSA) is 29.9 Å². The number of hydrogen-bond donors (Lipinski definition) is 1. The van der Waals surface area contributed by atoms with E-state index in [9.17, 15) is 13.2 Å². The second-order valence-electron chi connectivity index (χ2n) is 5.73. The molecule has 1 aliphatic rings. The second kappa shape index (κ2) is 5.43. The summed E-state index contributed by atoms with van der Waals surface area (Å²) in [6.45, 7) is 5.86. The molecule has 1 unspecified atom stereocenters. The van der Waals surface area contributed by atoms with Crippen molar-refractivity contribution in [3.63, 3.8) is 0 Å². The van der Waals surface area contributed by atoms with Gasteiger partial charge in [-0.3, -0.25) is 0 Å². The van der Waals surface area contributed by atoms with Crippen LogP contribution in [0.2, 0.25) is 0 Å². The van der Waals surface area contributed by atoms with Gasteiger partial charge in [-0.2, -0.15) is 18.3 Å². The summed E-state index contributed by atoms with van der Waals surface area (Å²) in [5, 5.41) is 7.86. The Balaban J connectivity index is 1.97. The highest BCUT2D eigenvalue weighted by Crippen LogP contribution is 2.32. The van der Waals surface area contributed by atoms with Crippen LogP contribution in [0.3, 0.4) is 0 Å². The summed E-state index contributed by atoms with van der Waals surface area (Å²) >= 11 is 0. The van der Waals surface area contributed by atoms with Gasteiger partial charge >= 0.3 is 6.18 Å². The summed E-state index contributed by atoms with van der Waals surface area (Å²) in [6.07, 6.45) is -3.24. The molecule has 22 heavy (non-hydrogen) atoms. The molecule has 3 rings (SSSR count). The van der Waals surface area contributed by atoms with Gasteiger partial charge < -0.3 is 5.32 Å². The van der Waals surface area contributed by atoms with Crippen molar-refractivity contribution in [3.05, 3.63) is 46.8 Å². The summed E-state index contributed by atoms with van der Waals surface area (Å²) < 4.78 is 39.7. The van der Waals surface area contributed by atoms with Crippen LogP contribution >= 0.6 is 0 Å². The molecule has 0 amide bonds. The Hall–Kier alpha value is -1.82. The van der Waals surface area contributed by atoms with E-state index in [4.69, 9.17) is 0 Å². The molecule has 118 valence electrons. The van der Waals surface area contributed by atoms with Crippen molar-refractivity contribution >= 4 is 0 Å². The average Bonchev–Trinajstić information content (AvgIpc) is 3.06. The second-order valence-corrected chi connectivity index (χ2v) is 5.73. The van der Waals surface area contributed by atoms with E-state index in [1.165, 1.54) is 17.7 Å². The first kappa shape index (κ1) is 15.1. The molecule has 1 saturated heterocycles. The predicted octanol–water partition coefficient (Wildman–Crippen LogP) is 3.58. The predicted molar refractivity (Wildman–Crippen MR) is 78.3 cm³/mol. The minimum atomic E-state index is -4.31. The fourth-order valence-corrected chi connectivity index (χ4v) is 3.19. The molecular weight excluding hydrogens is 291 g/mol. The SMILES string of the molecule is Cc1nn(-c2ccc(C(F)(F)F)cc2)c(C)c1C1CCNC1. The highest BCUT2D eigenvalue weighted by atomic mass is 19.4. The first-order valence-corrected chi connectivity index (χ1v) is 7.32. The van der Waals surface area contributed by atoms with Gasteiger partial charge in [-0.05, 0) is 51.1 Å². The fourth-order valence-electron chi connectivity index (χ4n) is 3.19. The van der Waals surface area contributed by atoms with Crippen molar-refractivity contribution in [3.8, 4) is 5.69 Å². The van der Waals surface area contributed by atoms with Crippen molar-refractivity contribution in [1.82, 2.24) is 15.1 Å². The van der Waals surface area contributed by atoms with Gasteiger partial charge in [0.05, 0.1) is 16.9 Å². The Morgan fingerprint density at radius 2 is 1.86 bits per heavy atom. The molecule has 0 bridgehead atoms. The van der Waals surface area contributed by atoms with E-state index in [0.29, 0.717) is 11.6 Å². The quantitative estimate of drug-likeness (QED) is 0.919. The summed E-state index contributed by atoms with van der Waals surface area (Å²) in [6, 6.07) is 5.14. The van der Waals surface area contributed by atoms with Crippen molar-refractivity contribution in [2.24, 2.45) is 0 Å². The van der Waals surface area contributed by atoms with Crippen LogP contribution in [-0.2, 0) is 6.18 Å². The van der Waals surface area contributed by atoms with Gasteiger partial charge in [-0.25, -0.2) is 4.68 Å². The monoisotopic (exact) mass is 309 g/mol. The number of nitrogens with one attached hydrogen (secondary N) is 1. The van der Waals surface area contributed by atoms with Gasteiger partial charge in [0, 0.05) is 23.7 Å². The van der Waals surface area contributed by atoms with Crippen LogP contribution in [0.1, 0.15) is 34.9 Å². The zero-order valence-corrected chi connectivity index (χ0v) is 12.5. The number of rotatable bonds is 2. The third-order valence-corrected chi connectivity index (χ3v) is 4.26. The molecule has 1 aromatic carbocycles. The molecule has 1 aromatic heterocycles. The van der Waals surface area contributed by atoms with E-state index in [1.54, 1.807) is 4.68 Å². The van der Waals surface area contributed by atoms with Crippen molar-refractivity contribution < 1.29 is 13.2 Å². The van der Waals surface area contributed by atoms with Crippen LogP contribution in [0, 0.1) is 13.8 Å². The highest BCUT2D eigenvalue weighted by molar-refractivity contribution is 5.40. The summed E-state index contributed by atoms with van der Waals surface area (Å²) in [7, 11) is 0. The minimum absolute atomic E-state index is 0.434. The van der Waals surface area contributed by atoms with Crippen LogP contribution < -0.4 is 5.32 Å². The number of hydrogen-bond acceptors (Lipinski definition) is 2. The van der Waals surface area contributed by atoms with E-state index in [-0.39, 0.29) is 0 Å². The Kier molecular flexibility index (Phi) is 3.72. The van der Waals surface area contributed by atoms with Gasteiger partial charge in [-0.15, -0.1) is 0 Å². The van der Waals surface area contributed by atoms with Crippen LogP contribution in [-0.4, -0.2) is 22.9 Å². The largest absolute Gasteiger partial charge is 0.416 e. The van der Waals surface area contributed by atoms with Crippen molar-refractivity contribution in [1.29, 1.82) is 0 Å². The third kappa shape index (κ3) is 2.63. The maximum Gasteiger partial charge on any atom is 0.416 e. The number of aryl methyl sites for hydroxylation is 1. The first-order valence-electron chi connectivity index (χ1n) is 7.32. The molecule has 1 fully saturated rings. The minimum Gasteiger partial charge on any atom is -0.316 e. The van der Waals surface area contributed by atoms with Crippen LogP contribution in [0.5, 0.6) is 0 Å². The number of nitrogens with zero attached hydrogens (tertiary/aromatic N) is 2. The zero-order valence-electron chi connectivity index (χ0n) is 12.5. The molecule has 3 nitrogen and oxygen atoms in total. The molecule has 1 aliphatic heterocycles. The van der Waals surface area contributed by atoms with Crippen LogP contribution in [0.25, 0.3) is 5.69 Å². The Morgan fingerprint density at radius 1 is 1.18 bits per heavy atom. The van der Waals surface area contributed by atoms with E-state index in [2.05, 4.69) is 10.4 Å². The lowest BCUT2D eigenvalue weighted by molar-refractivity contribution is -0.137. The fraction of sp³-hybridized carbons (Fsp3) is 0.438.